The van der Waals surface area contributed by atoms with E-state index in [1.807, 2.05) is 12.1 Å². The number of rotatable bonds is 2. The Morgan fingerprint density at radius 2 is 1.84 bits per heavy atom. The van der Waals surface area contributed by atoms with Crippen LogP contribution in [0.5, 0.6) is 5.75 Å². The maximum atomic E-state index is 11.7. The van der Waals surface area contributed by atoms with E-state index in [9.17, 15) is 9.90 Å². The number of nitriles is 1. The molecule has 0 radical (unpaired) electrons. The molecule has 0 aliphatic carbocycles. The van der Waals surface area contributed by atoms with Crippen LogP contribution in [0.25, 0.3) is 0 Å². The van der Waals surface area contributed by atoms with E-state index in [-0.39, 0.29) is 11.4 Å². The Balaban J connectivity index is 2.05. The third kappa shape index (κ3) is 3.23. The highest BCUT2D eigenvalue weighted by atomic mass is 16.3. The van der Waals surface area contributed by atoms with Gasteiger partial charge in [-0.05, 0) is 30.3 Å². The van der Waals surface area contributed by atoms with Crippen molar-refractivity contribution in [3.63, 3.8) is 0 Å². The quantitative estimate of drug-likeness (QED) is 0.719. The molecule has 19 heavy (non-hydrogen) atoms. The number of carbonyl (C=O) groups excluding carboxylic acids is 1. The van der Waals surface area contributed by atoms with E-state index in [1.54, 1.807) is 24.3 Å². The summed E-state index contributed by atoms with van der Waals surface area (Å²) in [6, 6.07) is 14.6. The molecule has 0 heterocycles. The van der Waals surface area contributed by atoms with Gasteiger partial charge in [-0.3, -0.25) is 0 Å². The topological polar surface area (TPSA) is 85.2 Å². The molecule has 5 nitrogen and oxygen atoms in total. The van der Waals surface area contributed by atoms with E-state index >= 15 is 0 Å². The molecule has 0 atom stereocenters. The minimum Gasteiger partial charge on any atom is -0.506 e. The molecule has 0 spiro atoms. The summed E-state index contributed by atoms with van der Waals surface area (Å²) in [6.07, 6.45) is 0. The zero-order valence-corrected chi connectivity index (χ0v) is 9.92. The summed E-state index contributed by atoms with van der Waals surface area (Å²) in [4.78, 5) is 11.7. The molecule has 2 amide bonds. The first-order valence-electron chi connectivity index (χ1n) is 5.55. The molecule has 0 unspecified atom stereocenters. The predicted molar refractivity (Wildman–Crippen MR) is 71.9 cm³/mol. The van der Waals surface area contributed by atoms with E-state index in [1.165, 1.54) is 18.2 Å². The van der Waals surface area contributed by atoms with Gasteiger partial charge in [0.2, 0.25) is 0 Å². The number of urea groups is 1. The lowest BCUT2D eigenvalue weighted by Gasteiger charge is -2.09. The van der Waals surface area contributed by atoms with Crippen molar-refractivity contribution in [3.05, 3.63) is 54.1 Å². The van der Waals surface area contributed by atoms with Crippen LogP contribution in [0, 0.1) is 11.3 Å². The fourth-order valence-electron chi connectivity index (χ4n) is 1.51. The first-order valence-corrected chi connectivity index (χ1v) is 5.55. The zero-order chi connectivity index (χ0) is 13.7. The Morgan fingerprint density at radius 3 is 2.47 bits per heavy atom. The first kappa shape index (κ1) is 12.5. The van der Waals surface area contributed by atoms with Crippen molar-refractivity contribution in [2.45, 2.75) is 0 Å². The summed E-state index contributed by atoms with van der Waals surface area (Å²) in [5.74, 6) is -0.151. The van der Waals surface area contributed by atoms with Gasteiger partial charge in [-0.25, -0.2) is 4.79 Å². The number of phenols is 1. The maximum absolute atomic E-state index is 11.7. The molecule has 0 bridgehead atoms. The number of aromatic hydroxyl groups is 1. The smallest absolute Gasteiger partial charge is 0.323 e. The number of nitrogens with one attached hydrogen (secondary N) is 2. The van der Waals surface area contributed by atoms with E-state index in [2.05, 4.69) is 10.6 Å². The predicted octanol–water partition coefficient (Wildman–Crippen LogP) is 2.91. The Kier molecular flexibility index (Phi) is 3.64. The van der Waals surface area contributed by atoms with E-state index in [0.29, 0.717) is 11.3 Å². The largest absolute Gasteiger partial charge is 0.506 e. The average Bonchev–Trinajstić information content (AvgIpc) is 2.42. The third-order valence-corrected chi connectivity index (χ3v) is 2.41. The van der Waals surface area contributed by atoms with Gasteiger partial charge in [0.25, 0.3) is 0 Å². The fourth-order valence-corrected chi connectivity index (χ4v) is 1.51. The number of carbonyl (C=O) groups is 1. The highest BCUT2D eigenvalue weighted by Gasteiger charge is 2.07. The number of anilines is 2. The second kappa shape index (κ2) is 5.56. The molecule has 2 aromatic rings. The Hall–Kier alpha value is -3.00. The lowest BCUT2D eigenvalue weighted by Crippen LogP contribution is -2.19. The molecule has 0 aliphatic rings. The average molecular weight is 253 g/mol. The number of amides is 2. The summed E-state index contributed by atoms with van der Waals surface area (Å²) in [7, 11) is 0. The van der Waals surface area contributed by atoms with Gasteiger partial charge in [-0.2, -0.15) is 5.26 Å². The molecule has 5 heteroatoms. The Labute approximate surface area is 110 Å². The van der Waals surface area contributed by atoms with Gasteiger partial charge in [-0.15, -0.1) is 0 Å². The second-order valence-electron chi connectivity index (χ2n) is 3.79. The Bertz CT molecular complexity index is 633. The van der Waals surface area contributed by atoms with Gasteiger partial charge < -0.3 is 15.7 Å². The highest BCUT2D eigenvalue weighted by molar-refractivity contribution is 6.00. The summed E-state index contributed by atoms with van der Waals surface area (Å²) in [6.45, 7) is 0. The van der Waals surface area contributed by atoms with Gasteiger partial charge in [0, 0.05) is 5.69 Å². The van der Waals surface area contributed by atoms with Crippen molar-refractivity contribution < 1.29 is 9.90 Å². The van der Waals surface area contributed by atoms with Gasteiger partial charge >= 0.3 is 6.03 Å². The SMILES string of the molecule is N#Cc1ccc(NC(=O)Nc2ccccc2)c(O)c1. The van der Waals surface area contributed by atoms with Crippen molar-refractivity contribution in [3.8, 4) is 11.8 Å². The lowest BCUT2D eigenvalue weighted by atomic mass is 10.2. The molecule has 0 saturated carbocycles. The van der Waals surface area contributed by atoms with Crippen LogP contribution in [0.2, 0.25) is 0 Å². The molecule has 2 rings (SSSR count). The molecular formula is C14H11N3O2. The van der Waals surface area contributed by atoms with Crippen LogP contribution in [-0.4, -0.2) is 11.1 Å². The van der Waals surface area contributed by atoms with E-state index < -0.39 is 6.03 Å². The van der Waals surface area contributed by atoms with Crippen molar-refractivity contribution in [1.82, 2.24) is 0 Å². The van der Waals surface area contributed by atoms with Crippen LogP contribution in [0.4, 0.5) is 16.2 Å². The summed E-state index contributed by atoms with van der Waals surface area (Å²) in [5, 5.41) is 23.4. The third-order valence-electron chi connectivity index (χ3n) is 2.41. The number of benzene rings is 2. The van der Waals surface area contributed by atoms with E-state index in [4.69, 9.17) is 5.26 Å². The van der Waals surface area contributed by atoms with Crippen LogP contribution in [0.15, 0.2) is 48.5 Å². The standard InChI is InChI=1S/C14H11N3O2/c15-9-10-6-7-12(13(18)8-10)17-14(19)16-11-4-2-1-3-5-11/h1-8,18H,(H2,16,17,19). The molecule has 0 aromatic heterocycles. The van der Waals surface area contributed by atoms with Gasteiger partial charge in [0.05, 0.1) is 17.3 Å². The number of nitrogens with zero attached hydrogens (tertiary/aromatic N) is 1. The minimum absolute atomic E-state index is 0.151. The number of hydrogen-bond donors (Lipinski definition) is 3. The van der Waals surface area contributed by atoms with Crippen LogP contribution < -0.4 is 10.6 Å². The van der Waals surface area contributed by atoms with Crippen LogP contribution in [0.3, 0.4) is 0 Å². The van der Waals surface area contributed by atoms with Crippen molar-refractivity contribution in [2.75, 3.05) is 10.6 Å². The second-order valence-corrected chi connectivity index (χ2v) is 3.79. The number of phenolic OH excluding ortho intramolecular Hbond substituents is 1. The summed E-state index contributed by atoms with van der Waals surface area (Å²) in [5.41, 5.74) is 1.21. The molecule has 0 aliphatic heterocycles. The van der Waals surface area contributed by atoms with Crippen LogP contribution in [-0.2, 0) is 0 Å². The molecule has 0 fully saturated rings. The van der Waals surface area contributed by atoms with Gasteiger partial charge in [0.15, 0.2) is 0 Å². The number of para-hydroxylation sites is 1. The zero-order valence-electron chi connectivity index (χ0n) is 9.92. The molecular weight excluding hydrogens is 242 g/mol. The van der Waals surface area contributed by atoms with Crippen molar-refractivity contribution in [2.24, 2.45) is 0 Å². The van der Waals surface area contributed by atoms with E-state index in [0.717, 1.165) is 0 Å². The van der Waals surface area contributed by atoms with Gasteiger partial charge in [0.1, 0.15) is 5.75 Å². The first-order chi connectivity index (χ1) is 9.19. The Morgan fingerprint density at radius 1 is 1.11 bits per heavy atom. The summed E-state index contributed by atoms with van der Waals surface area (Å²) >= 11 is 0. The minimum atomic E-state index is -0.466. The molecule has 94 valence electrons. The molecule has 3 N–H and O–H groups in total. The van der Waals surface area contributed by atoms with Crippen LogP contribution in [0.1, 0.15) is 5.56 Å². The number of hydrogen-bond acceptors (Lipinski definition) is 3. The monoisotopic (exact) mass is 253 g/mol. The van der Waals surface area contributed by atoms with Crippen molar-refractivity contribution in [1.29, 1.82) is 5.26 Å². The molecule has 0 saturated heterocycles. The van der Waals surface area contributed by atoms with Crippen molar-refractivity contribution >= 4 is 17.4 Å². The fraction of sp³-hybridized carbons (Fsp3) is 0. The molecule has 2 aromatic carbocycles. The normalized spacial score (nSPS) is 9.42. The highest BCUT2D eigenvalue weighted by Crippen LogP contribution is 2.24. The van der Waals surface area contributed by atoms with Gasteiger partial charge in [-0.1, -0.05) is 18.2 Å². The van der Waals surface area contributed by atoms with Crippen LogP contribution >= 0.6 is 0 Å². The summed E-state index contributed by atoms with van der Waals surface area (Å²) < 4.78 is 0. The maximum Gasteiger partial charge on any atom is 0.323 e. The lowest BCUT2D eigenvalue weighted by molar-refractivity contribution is 0.262.